The van der Waals surface area contributed by atoms with Gasteiger partial charge in [0.2, 0.25) is 5.91 Å². The highest BCUT2D eigenvalue weighted by Gasteiger charge is 2.25. The molecule has 1 aliphatic heterocycles. The van der Waals surface area contributed by atoms with Gasteiger partial charge in [0.1, 0.15) is 0 Å². The molecule has 0 atom stereocenters. The van der Waals surface area contributed by atoms with Crippen LogP contribution in [0.2, 0.25) is 0 Å². The van der Waals surface area contributed by atoms with Gasteiger partial charge in [-0.1, -0.05) is 12.8 Å². The second-order valence-corrected chi connectivity index (χ2v) is 3.88. The van der Waals surface area contributed by atoms with Gasteiger partial charge in [-0.15, -0.1) is 0 Å². The van der Waals surface area contributed by atoms with Gasteiger partial charge in [0.25, 0.3) is 0 Å². The Balaban J connectivity index is 1.55. The summed E-state index contributed by atoms with van der Waals surface area (Å²) in [6, 6.07) is 0. The first-order valence-electron chi connectivity index (χ1n) is 4.84. The Bertz CT molecular complexity index is 173. The van der Waals surface area contributed by atoms with E-state index in [1.165, 1.54) is 19.3 Å². The van der Waals surface area contributed by atoms with Crippen molar-refractivity contribution in [2.45, 2.75) is 19.3 Å². The second-order valence-electron chi connectivity index (χ2n) is 3.88. The number of carbonyl (C=O) groups excluding carboxylic acids is 1. The third-order valence-electron chi connectivity index (χ3n) is 2.70. The summed E-state index contributed by atoms with van der Waals surface area (Å²) in [4.78, 5) is 11.3. The van der Waals surface area contributed by atoms with E-state index in [2.05, 4.69) is 10.6 Å². The number of amides is 1. The Morgan fingerprint density at radius 2 is 2.17 bits per heavy atom. The van der Waals surface area contributed by atoms with Crippen molar-refractivity contribution in [3.8, 4) is 0 Å². The Kier molecular flexibility index (Phi) is 2.30. The van der Waals surface area contributed by atoms with Gasteiger partial charge >= 0.3 is 0 Å². The molecule has 3 heteroatoms. The second kappa shape index (κ2) is 3.44. The zero-order valence-electron chi connectivity index (χ0n) is 7.31. The van der Waals surface area contributed by atoms with Crippen molar-refractivity contribution in [1.29, 1.82) is 0 Å². The molecule has 1 heterocycles. The van der Waals surface area contributed by atoms with Crippen molar-refractivity contribution in [3.05, 3.63) is 0 Å². The molecule has 1 saturated carbocycles. The van der Waals surface area contributed by atoms with E-state index < -0.39 is 0 Å². The topological polar surface area (TPSA) is 41.1 Å². The van der Waals surface area contributed by atoms with Crippen molar-refractivity contribution in [2.75, 3.05) is 19.6 Å². The molecule has 1 saturated heterocycles. The highest BCUT2D eigenvalue weighted by atomic mass is 16.2. The summed E-state index contributed by atoms with van der Waals surface area (Å²) in [6.07, 6.45) is 3.94. The SMILES string of the molecule is O=C(NCCC1CC1)C1CNC1. The smallest absolute Gasteiger partial charge is 0.225 e. The minimum Gasteiger partial charge on any atom is -0.356 e. The fraction of sp³-hybridized carbons (Fsp3) is 0.889. The van der Waals surface area contributed by atoms with Crippen LogP contribution in [0.15, 0.2) is 0 Å². The fourth-order valence-corrected chi connectivity index (χ4v) is 1.42. The van der Waals surface area contributed by atoms with Crippen LogP contribution in [0.25, 0.3) is 0 Å². The summed E-state index contributed by atoms with van der Waals surface area (Å²) in [5, 5.41) is 6.07. The molecule has 2 fully saturated rings. The molecule has 1 aliphatic carbocycles. The van der Waals surface area contributed by atoms with Crippen LogP contribution in [0.3, 0.4) is 0 Å². The van der Waals surface area contributed by atoms with Crippen molar-refractivity contribution in [3.63, 3.8) is 0 Å². The molecule has 0 spiro atoms. The number of nitrogens with one attached hydrogen (secondary N) is 2. The van der Waals surface area contributed by atoms with E-state index in [1.807, 2.05) is 0 Å². The zero-order valence-corrected chi connectivity index (χ0v) is 7.31. The van der Waals surface area contributed by atoms with Gasteiger partial charge in [0.05, 0.1) is 5.92 Å². The summed E-state index contributed by atoms with van der Waals surface area (Å²) in [5.74, 6) is 1.42. The maximum atomic E-state index is 11.3. The third-order valence-corrected chi connectivity index (χ3v) is 2.70. The summed E-state index contributed by atoms with van der Waals surface area (Å²) in [5.41, 5.74) is 0. The average molecular weight is 168 g/mol. The van der Waals surface area contributed by atoms with E-state index in [9.17, 15) is 4.79 Å². The number of hydrogen-bond donors (Lipinski definition) is 2. The number of hydrogen-bond acceptors (Lipinski definition) is 2. The molecule has 2 rings (SSSR count). The maximum Gasteiger partial charge on any atom is 0.225 e. The molecule has 1 amide bonds. The minimum atomic E-state index is 0.245. The van der Waals surface area contributed by atoms with Gasteiger partial charge in [0, 0.05) is 19.6 Å². The Morgan fingerprint density at radius 1 is 1.42 bits per heavy atom. The Morgan fingerprint density at radius 3 is 2.67 bits per heavy atom. The van der Waals surface area contributed by atoms with Gasteiger partial charge in [-0.3, -0.25) is 4.79 Å². The maximum absolute atomic E-state index is 11.3. The highest BCUT2D eigenvalue weighted by molar-refractivity contribution is 5.79. The Hall–Kier alpha value is -0.570. The molecular weight excluding hydrogens is 152 g/mol. The third kappa shape index (κ3) is 1.97. The lowest BCUT2D eigenvalue weighted by Crippen LogP contribution is -2.50. The van der Waals surface area contributed by atoms with Gasteiger partial charge in [-0.2, -0.15) is 0 Å². The van der Waals surface area contributed by atoms with Crippen LogP contribution in [0.5, 0.6) is 0 Å². The standard InChI is InChI=1S/C9H16N2O/c12-9(8-5-10-6-8)11-4-3-7-1-2-7/h7-8,10H,1-6H2,(H,11,12). The predicted octanol–water partition coefficient (Wildman–Crippen LogP) is 0.122. The van der Waals surface area contributed by atoms with Crippen molar-refractivity contribution in [2.24, 2.45) is 11.8 Å². The van der Waals surface area contributed by atoms with Crippen molar-refractivity contribution < 1.29 is 4.79 Å². The van der Waals surface area contributed by atoms with Gasteiger partial charge in [-0.25, -0.2) is 0 Å². The Labute approximate surface area is 72.9 Å². The van der Waals surface area contributed by atoms with Crippen LogP contribution < -0.4 is 10.6 Å². The lowest BCUT2D eigenvalue weighted by Gasteiger charge is -2.25. The van der Waals surface area contributed by atoms with Crippen molar-refractivity contribution in [1.82, 2.24) is 10.6 Å². The molecule has 0 bridgehead atoms. The molecule has 2 aliphatic rings. The van der Waals surface area contributed by atoms with Crippen LogP contribution >= 0.6 is 0 Å². The molecule has 2 N–H and O–H groups in total. The highest BCUT2D eigenvalue weighted by Crippen LogP contribution is 2.31. The summed E-state index contributed by atoms with van der Waals surface area (Å²) < 4.78 is 0. The summed E-state index contributed by atoms with van der Waals surface area (Å²) >= 11 is 0. The lowest BCUT2D eigenvalue weighted by atomic mass is 10.0. The van der Waals surface area contributed by atoms with Gasteiger partial charge in [-0.05, 0) is 12.3 Å². The van der Waals surface area contributed by atoms with E-state index >= 15 is 0 Å². The summed E-state index contributed by atoms with van der Waals surface area (Å²) in [6.45, 7) is 2.63. The minimum absolute atomic E-state index is 0.245. The molecule has 0 radical (unpaired) electrons. The largest absolute Gasteiger partial charge is 0.356 e. The molecule has 12 heavy (non-hydrogen) atoms. The first-order chi connectivity index (χ1) is 5.86. The molecular formula is C9H16N2O. The summed E-state index contributed by atoms with van der Waals surface area (Å²) in [7, 11) is 0. The molecule has 0 aromatic carbocycles. The quantitative estimate of drug-likeness (QED) is 0.626. The van der Waals surface area contributed by atoms with E-state index in [0.29, 0.717) is 0 Å². The van der Waals surface area contributed by atoms with E-state index in [1.54, 1.807) is 0 Å². The predicted molar refractivity (Wildman–Crippen MR) is 46.7 cm³/mol. The normalized spacial score (nSPS) is 23.3. The van der Waals surface area contributed by atoms with Crippen molar-refractivity contribution >= 4 is 5.91 Å². The van der Waals surface area contributed by atoms with Crippen LogP contribution in [0, 0.1) is 11.8 Å². The monoisotopic (exact) mass is 168 g/mol. The lowest BCUT2D eigenvalue weighted by molar-refractivity contribution is -0.126. The first-order valence-corrected chi connectivity index (χ1v) is 4.84. The molecule has 0 aromatic heterocycles. The van der Waals surface area contributed by atoms with Crippen LogP contribution in [-0.4, -0.2) is 25.5 Å². The molecule has 0 unspecified atom stereocenters. The molecule has 68 valence electrons. The van der Waals surface area contributed by atoms with Crippen LogP contribution in [0.1, 0.15) is 19.3 Å². The average Bonchev–Trinajstić information content (AvgIpc) is 2.67. The fourth-order valence-electron chi connectivity index (χ4n) is 1.42. The van der Waals surface area contributed by atoms with E-state index in [-0.39, 0.29) is 11.8 Å². The first kappa shape index (κ1) is 8.05. The zero-order chi connectivity index (χ0) is 8.39. The van der Waals surface area contributed by atoms with Crippen LogP contribution in [-0.2, 0) is 4.79 Å². The van der Waals surface area contributed by atoms with Gasteiger partial charge < -0.3 is 10.6 Å². The van der Waals surface area contributed by atoms with Crippen LogP contribution in [0.4, 0.5) is 0 Å². The molecule has 0 aromatic rings. The van der Waals surface area contributed by atoms with E-state index in [0.717, 1.165) is 25.6 Å². The van der Waals surface area contributed by atoms with Gasteiger partial charge in [0.15, 0.2) is 0 Å². The molecule has 3 nitrogen and oxygen atoms in total. The number of rotatable bonds is 4. The number of carbonyl (C=O) groups is 1. The van der Waals surface area contributed by atoms with E-state index in [4.69, 9.17) is 0 Å².